The Balaban J connectivity index is 2.38. The molecule has 0 aliphatic heterocycles. The number of anilines is 1. The van der Waals surface area contributed by atoms with E-state index in [2.05, 4.69) is 4.98 Å². The number of hydrogen-bond acceptors (Lipinski definition) is 4. The van der Waals surface area contributed by atoms with E-state index in [-0.39, 0.29) is 0 Å². The number of pyridine rings is 1. The molecule has 0 unspecified atom stereocenters. The maximum absolute atomic E-state index is 6.00. The number of halogens is 1. The van der Waals surface area contributed by atoms with Crippen molar-refractivity contribution in [1.29, 1.82) is 0 Å². The number of hydrogen-bond donors (Lipinski definition) is 1. The summed E-state index contributed by atoms with van der Waals surface area (Å²) in [6, 6.07) is 8.65. The Bertz CT molecular complexity index is 511. The van der Waals surface area contributed by atoms with Crippen molar-refractivity contribution in [1.82, 2.24) is 4.98 Å². The third-order valence-corrected chi connectivity index (χ3v) is 2.45. The van der Waals surface area contributed by atoms with Crippen molar-refractivity contribution in [2.75, 3.05) is 12.8 Å². The summed E-state index contributed by atoms with van der Waals surface area (Å²) in [5.74, 6) is 1.23. The van der Waals surface area contributed by atoms with Crippen LogP contribution in [0.25, 0.3) is 0 Å². The first-order valence-electron chi connectivity index (χ1n) is 4.93. The number of methoxy groups -OCH3 is 1. The van der Waals surface area contributed by atoms with Crippen LogP contribution in [-0.4, -0.2) is 12.1 Å². The Morgan fingerprint density at radius 1 is 1.24 bits per heavy atom. The first-order valence-corrected chi connectivity index (χ1v) is 5.31. The summed E-state index contributed by atoms with van der Waals surface area (Å²) in [5.41, 5.74) is 6.23. The van der Waals surface area contributed by atoms with Gasteiger partial charge < -0.3 is 15.2 Å². The Labute approximate surface area is 104 Å². The highest BCUT2D eigenvalue weighted by Crippen LogP contribution is 2.36. The summed E-state index contributed by atoms with van der Waals surface area (Å²) < 4.78 is 10.7. The zero-order valence-electron chi connectivity index (χ0n) is 9.18. The van der Waals surface area contributed by atoms with Crippen molar-refractivity contribution >= 4 is 17.3 Å². The molecular formula is C12H11ClN2O2. The standard InChI is InChI=1S/C12H11ClN2O2/c1-16-10-6-3-7-15-12(10)17-11-8(13)4-2-5-9(11)14/h2-7H,14H2,1H3. The van der Waals surface area contributed by atoms with Gasteiger partial charge in [-0.25, -0.2) is 4.98 Å². The van der Waals surface area contributed by atoms with Crippen LogP contribution in [0.15, 0.2) is 36.5 Å². The van der Waals surface area contributed by atoms with E-state index in [1.807, 2.05) is 0 Å². The van der Waals surface area contributed by atoms with E-state index in [1.165, 1.54) is 0 Å². The van der Waals surface area contributed by atoms with E-state index in [0.29, 0.717) is 28.1 Å². The molecule has 88 valence electrons. The molecule has 5 heteroatoms. The van der Waals surface area contributed by atoms with Crippen LogP contribution in [0.1, 0.15) is 0 Å². The molecule has 0 radical (unpaired) electrons. The van der Waals surface area contributed by atoms with E-state index < -0.39 is 0 Å². The molecule has 0 atom stereocenters. The van der Waals surface area contributed by atoms with Gasteiger partial charge in [0.05, 0.1) is 17.8 Å². The van der Waals surface area contributed by atoms with Gasteiger partial charge in [0.1, 0.15) is 0 Å². The molecule has 2 rings (SSSR count). The van der Waals surface area contributed by atoms with Crippen LogP contribution < -0.4 is 15.2 Å². The van der Waals surface area contributed by atoms with Crippen molar-refractivity contribution in [3.63, 3.8) is 0 Å². The molecule has 0 aliphatic carbocycles. The molecule has 0 spiro atoms. The van der Waals surface area contributed by atoms with Crippen LogP contribution in [0.3, 0.4) is 0 Å². The van der Waals surface area contributed by atoms with Gasteiger partial charge in [-0.2, -0.15) is 0 Å². The van der Waals surface area contributed by atoms with E-state index in [9.17, 15) is 0 Å². The zero-order chi connectivity index (χ0) is 12.3. The van der Waals surface area contributed by atoms with Gasteiger partial charge in [0.2, 0.25) is 0 Å². The van der Waals surface area contributed by atoms with Crippen molar-refractivity contribution < 1.29 is 9.47 Å². The Hall–Kier alpha value is -1.94. The third kappa shape index (κ3) is 2.42. The number of benzene rings is 1. The molecule has 0 saturated heterocycles. The summed E-state index contributed by atoms with van der Waals surface area (Å²) in [4.78, 5) is 4.07. The first-order chi connectivity index (χ1) is 8.22. The van der Waals surface area contributed by atoms with Crippen LogP contribution in [-0.2, 0) is 0 Å². The van der Waals surface area contributed by atoms with E-state index in [4.69, 9.17) is 26.8 Å². The highest BCUT2D eigenvalue weighted by molar-refractivity contribution is 6.32. The fraction of sp³-hybridized carbons (Fsp3) is 0.0833. The minimum Gasteiger partial charge on any atom is -0.491 e. The number of nitrogen functional groups attached to an aromatic ring is 1. The molecule has 0 saturated carbocycles. The predicted octanol–water partition coefficient (Wildman–Crippen LogP) is 3.12. The molecule has 1 aromatic carbocycles. The smallest absolute Gasteiger partial charge is 0.262 e. The number of nitrogens with zero attached hydrogens (tertiary/aromatic N) is 1. The second-order valence-electron chi connectivity index (χ2n) is 3.27. The molecule has 0 bridgehead atoms. The average molecular weight is 251 g/mol. The Morgan fingerprint density at radius 2 is 2.06 bits per heavy atom. The fourth-order valence-corrected chi connectivity index (χ4v) is 1.56. The Kier molecular flexibility index (Phi) is 3.35. The summed E-state index contributed by atoms with van der Waals surface area (Å²) >= 11 is 6.00. The SMILES string of the molecule is COc1cccnc1Oc1c(N)cccc1Cl. The first kappa shape index (κ1) is 11.5. The summed E-state index contributed by atoms with van der Waals surface area (Å²) in [6.07, 6.45) is 1.60. The zero-order valence-corrected chi connectivity index (χ0v) is 9.94. The van der Waals surface area contributed by atoms with Gasteiger partial charge in [0.25, 0.3) is 5.88 Å². The molecule has 0 fully saturated rings. The minimum absolute atomic E-state index is 0.329. The summed E-state index contributed by atoms with van der Waals surface area (Å²) in [7, 11) is 1.54. The number of aromatic nitrogens is 1. The van der Waals surface area contributed by atoms with Gasteiger partial charge in [-0.1, -0.05) is 17.7 Å². The number of rotatable bonds is 3. The van der Waals surface area contributed by atoms with Gasteiger partial charge in [0.15, 0.2) is 11.5 Å². The molecule has 4 nitrogen and oxygen atoms in total. The van der Waals surface area contributed by atoms with Gasteiger partial charge in [-0.15, -0.1) is 0 Å². The molecule has 0 amide bonds. The van der Waals surface area contributed by atoms with Gasteiger partial charge in [-0.05, 0) is 24.3 Å². The lowest BCUT2D eigenvalue weighted by atomic mass is 10.3. The maximum atomic E-state index is 6.00. The summed E-state index contributed by atoms with van der Waals surface area (Å²) in [6.45, 7) is 0. The lowest BCUT2D eigenvalue weighted by molar-refractivity contribution is 0.370. The highest BCUT2D eigenvalue weighted by Gasteiger charge is 2.11. The molecule has 2 N–H and O–H groups in total. The second kappa shape index (κ2) is 4.93. The van der Waals surface area contributed by atoms with Crippen LogP contribution in [0.4, 0.5) is 5.69 Å². The normalized spacial score (nSPS) is 10.0. The molecular weight excluding hydrogens is 240 g/mol. The number of ether oxygens (including phenoxy) is 2. The highest BCUT2D eigenvalue weighted by atomic mass is 35.5. The van der Waals surface area contributed by atoms with Gasteiger partial charge in [-0.3, -0.25) is 0 Å². The van der Waals surface area contributed by atoms with Gasteiger partial charge >= 0.3 is 0 Å². The van der Waals surface area contributed by atoms with E-state index >= 15 is 0 Å². The molecule has 2 aromatic rings. The summed E-state index contributed by atoms with van der Waals surface area (Å²) in [5, 5.41) is 0.428. The largest absolute Gasteiger partial charge is 0.491 e. The van der Waals surface area contributed by atoms with Crippen molar-refractivity contribution in [3.8, 4) is 17.4 Å². The topological polar surface area (TPSA) is 57.4 Å². The van der Waals surface area contributed by atoms with Crippen LogP contribution in [0.5, 0.6) is 17.4 Å². The lowest BCUT2D eigenvalue weighted by Gasteiger charge is -2.11. The fourth-order valence-electron chi connectivity index (χ4n) is 1.34. The monoisotopic (exact) mass is 250 g/mol. The molecule has 1 heterocycles. The molecule has 1 aromatic heterocycles. The lowest BCUT2D eigenvalue weighted by Crippen LogP contribution is -1.96. The molecule has 0 aliphatic rings. The number of nitrogens with two attached hydrogens (primary N) is 1. The average Bonchev–Trinajstić information content (AvgIpc) is 2.34. The number of para-hydroxylation sites is 1. The second-order valence-corrected chi connectivity index (χ2v) is 3.68. The maximum Gasteiger partial charge on any atom is 0.262 e. The van der Waals surface area contributed by atoms with E-state index in [1.54, 1.807) is 43.6 Å². The van der Waals surface area contributed by atoms with Crippen LogP contribution in [0, 0.1) is 0 Å². The predicted molar refractivity (Wildman–Crippen MR) is 66.7 cm³/mol. The third-order valence-electron chi connectivity index (χ3n) is 2.15. The van der Waals surface area contributed by atoms with Gasteiger partial charge in [0, 0.05) is 6.20 Å². The van der Waals surface area contributed by atoms with Crippen LogP contribution >= 0.6 is 11.6 Å². The molecule has 17 heavy (non-hydrogen) atoms. The Morgan fingerprint density at radius 3 is 2.76 bits per heavy atom. The minimum atomic E-state index is 0.329. The van der Waals surface area contributed by atoms with Crippen molar-refractivity contribution in [3.05, 3.63) is 41.6 Å². The van der Waals surface area contributed by atoms with Crippen molar-refractivity contribution in [2.24, 2.45) is 0 Å². The quantitative estimate of drug-likeness (QED) is 0.851. The van der Waals surface area contributed by atoms with Crippen molar-refractivity contribution in [2.45, 2.75) is 0 Å². The van der Waals surface area contributed by atoms with Crippen LogP contribution in [0.2, 0.25) is 5.02 Å². The van der Waals surface area contributed by atoms with E-state index in [0.717, 1.165) is 0 Å².